The summed E-state index contributed by atoms with van der Waals surface area (Å²) in [5.41, 5.74) is 4.28. The van der Waals surface area contributed by atoms with Gasteiger partial charge >= 0.3 is 0 Å². The van der Waals surface area contributed by atoms with Crippen LogP contribution in [0.3, 0.4) is 0 Å². The minimum Gasteiger partial charge on any atom is -0.0887 e. The first-order chi connectivity index (χ1) is 8.35. The predicted octanol–water partition coefficient (Wildman–Crippen LogP) is 6.41. The molecule has 0 nitrogen and oxygen atoms in total. The summed E-state index contributed by atoms with van der Waals surface area (Å²) < 4.78 is 0. The summed E-state index contributed by atoms with van der Waals surface area (Å²) in [6.45, 7) is 15.3. The minimum atomic E-state index is 0.582. The average Bonchev–Trinajstić information content (AvgIpc) is 2.24. The van der Waals surface area contributed by atoms with Crippen molar-refractivity contribution in [2.45, 2.75) is 65.4 Å². The van der Waals surface area contributed by atoms with Gasteiger partial charge in [-0.1, -0.05) is 56.5 Å². The molecule has 2 atom stereocenters. The first kappa shape index (κ1) is 17.9. The Morgan fingerprint density at radius 3 is 1.94 bits per heavy atom. The van der Waals surface area contributed by atoms with Gasteiger partial charge in [-0.3, -0.25) is 0 Å². The van der Waals surface area contributed by atoms with Gasteiger partial charge in [0, 0.05) is 10.5 Å². The molecule has 0 aliphatic heterocycles. The van der Waals surface area contributed by atoms with Gasteiger partial charge in [-0.15, -0.1) is 0 Å². The fourth-order valence-corrected chi connectivity index (χ4v) is 4.38. The van der Waals surface area contributed by atoms with Crippen molar-refractivity contribution in [2.75, 3.05) is 0 Å². The third-order valence-corrected chi connectivity index (χ3v) is 5.52. The van der Waals surface area contributed by atoms with Gasteiger partial charge in [0.05, 0.1) is 0 Å². The molecule has 0 rings (SSSR count). The fraction of sp³-hybridized carbons (Fsp3) is 0.625. The highest BCUT2D eigenvalue weighted by Crippen LogP contribution is 2.36. The monoisotopic (exact) mass is 284 g/mol. The molecule has 0 bridgehead atoms. The number of hydrogen-bond donors (Lipinski definition) is 0. The van der Waals surface area contributed by atoms with Crippen LogP contribution in [0.25, 0.3) is 0 Å². The zero-order valence-corrected chi connectivity index (χ0v) is 14.5. The van der Waals surface area contributed by atoms with Gasteiger partial charge in [0.1, 0.15) is 0 Å². The highest BCUT2D eigenvalue weighted by Gasteiger charge is 2.09. The Balaban J connectivity index is 4.43. The van der Waals surface area contributed by atoms with Gasteiger partial charge in [-0.05, 0) is 54.9 Å². The molecule has 0 fully saturated rings. The second kappa shape index (κ2) is 9.80. The summed E-state index contributed by atoms with van der Waals surface area (Å²) >= 11 is 0. The van der Waals surface area contributed by atoms with E-state index in [1.165, 1.54) is 16.7 Å². The summed E-state index contributed by atoms with van der Waals surface area (Å²) in [4.78, 5) is 0. The SMILES string of the molecule is C/C=C(/C)CC(C=C(C)C)SSC(C)C=C(C)C. The Labute approximate surface area is 122 Å². The van der Waals surface area contributed by atoms with Gasteiger partial charge in [0.25, 0.3) is 0 Å². The van der Waals surface area contributed by atoms with Crippen LogP contribution in [0.1, 0.15) is 54.9 Å². The van der Waals surface area contributed by atoms with Crippen molar-refractivity contribution >= 4 is 21.6 Å². The van der Waals surface area contributed by atoms with Crippen LogP contribution < -0.4 is 0 Å². The van der Waals surface area contributed by atoms with E-state index in [-0.39, 0.29) is 0 Å². The molecule has 0 saturated carbocycles. The van der Waals surface area contributed by atoms with Crippen LogP contribution in [0.15, 0.2) is 34.9 Å². The lowest BCUT2D eigenvalue weighted by atomic mass is 10.1. The van der Waals surface area contributed by atoms with Gasteiger partial charge in [0.2, 0.25) is 0 Å². The van der Waals surface area contributed by atoms with Gasteiger partial charge in [-0.2, -0.15) is 0 Å². The molecule has 0 amide bonds. The Morgan fingerprint density at radius 1 is 0.944 bits per heavy atom. The minimum absolute atomic E-state index is 0.582. The van der Waals surface area contributed by atoms with E-state index in [0.29, 0.717) is 10.5 Å². The standard InChI is InChI=1S/C16H28S2/c1-8-14(6)11-16(10-13(4)5)18-17-15(7)9-12(2)3/h8-10,15-16H,11H2,1-7H3/b14-8-. The van der Waals surface area contributed by atoms with E-state index in [1.807, 2.05) is 21.6 Å². The lowest BCUT2D eigenvalue weighted by molar-refractivity contribution is 0.985. The summed E-state index contributed by atoms with van der Waals surface area (Å²) in [5, 5.41) is 1.17. The van der Waals surface area contributed by atoms with E-state index in [4.69, 9.17) is 0 Å². The maximum Gasteiger partial charge on any atom is 0.0370 e. The van der Waals surface area contributed by atoms with E-state index >= 15 is 0 Å². The molecule has 2 heteroatoms. The molecule has 0 heterocycles. The lowest BCUT2D eigenvalue weighted by Crippen LogP contribution is -2.00. The van der Waals surface area contributed by atoms with Crippen LogP contribution in [0.5, 0.6) is 0 Å². The topological polar surface area (TPSA) is 0 Å². The molecule has 104 valence electrons. The molecule has 18 heavy (non-hydrogen) atoms. The molecule has 2 unspecified atom stereocenters. The Kier molecular flexibility index (Phi) is 9.76. The maximum atomic E-state index is 2.39. The molecule has 0 aliphatic rings. The summed E-state index contributed by atoms with van der Waals surface area (Å²) in [7, 11) is 3.97. The van der Waals surface area contributed by atoms with Crippen LogP contribution >= 0.6 is 21.6 Å². The molecule has 0 aromatic heterocycles. The first-order valence-electron chi connectivity index (χ1n) is 6.59. The quantitative estimate of drug-likeness (QED) is 0.391. The van der Waals surface area contributed by atoms with E-state index in [0.717, 1.165) is 6.42 Å². The Morgan fingerprint density at radius 2 is 1.50 bits per heavy atom. The van der Waals surface area contributed by atoms with E-state index in [9.17, 15) is 0 Å². The van der Waals surface area contributed by atoms with Crippen molar-refractivity contribution in [2.24, 2.45) is 0 Å². The average molecular weight is 285 g/mol. The molecule has 0 N–H and O–H groups in total. The number of rotatable bonds is 7. The third kappa shape index (κ3) is 9.90. The van der Waals surface area contributed by atoms with Crippen LogP contribution in [0.2, 0.25) is 0 Å². The van der Waals surface area contributed by atoms with Crippen LogP contribution in [-0.2, 0) is 0 Å². The van der Waals surface area contributed by atoms with E-state index in [1.54, 1.807) is 0 Å². The van der Waals surface area contributed by atoms with Gasteiger partial charge < -0.3 is 0 Å². The van der Waals surface area contributed by atoms with Crippen molar-refractivity contribution in [3.63, 3.8) is 0 Å². The van der Waals surface area contributed by atoms with E-state index < -0.39 is 0 Å². The smallest absolute Gasteiger partial charge is 0.0370 e. The van der Waals surface area contributed by atoms with Crippen LogP contribution in [0.4, 0.5) is 0 Å². The van der Waals surface area contributed by atoms with Crippen molar-refractivity contribution in [1.29, 1.82) is 0 Å². The maximum absolute atomic E-state index is 2.39. The fourth-order valence-electron chi connectivity index (χ4n) is 1.58. The molecule has 0 aliphatic carbocycles. The molecule has 0 aromatic rings. The van der Waals surface area contributed by atoms with Crippen LogP contribution in [0, 0.1) is 0 Å². The summed E-state index contributed by atoms with van der Waals surface area (Å²) in [6, 6.07) is 0. The summed E-state index contributed by atoms with van der Waals surface area (Å²) in [5.74, 6) is 0. The van der Waals surface area contributed by atoms with Crippen molar-refractivity contribution in [3.05, 3.63) is 34.9 Å². The van der Waals surface area contributed by atoms with Crippen molar-refractivity contribution < 1.29 is 0 Å². The Bertz CT molecular complexity index is 316. The molecule has 0 spiro atoms. The molecular formula is C16H28S2. The van der Waals surface area contributed by atoms with Crippen molar-refractivity contribution in [1.82, 2.24) is 0 Å². The predicted molar refractivity (Wildman–Crippen MR) is 91.3 cm³/mol. The summed E-state index contributed by atoms with van der Waals surface area (Å²) in [6.07, 6.45) is 8.09. The van der Waals surface area contributed by atoms with Gasteiger partial charge in [-0.25, -0.2) is 0 Å². The first-order valence-corrected chi connectivity index (χ1v) is 8.86. The lowest BCUT2D eigenvalue weighted by Gasteiger charge is -2.15. The highest BCUT2D eigenvalue weighted by atomic mass is 33.1. The second-order valence-corrected chi connectivity index (χ2v) is 8.15. The molecular weight excluding hydrogens is 256 g/mol. The zero-order valence-electron chi connectivity index (χ0n) is 12.9. The molecule has 0 aromatic carbocycles. The zero-order chi connectivity index (χ0) is 14.1. The van der Waals surface area contributed by atoms with Crippen LogP contribution in [-0.4, -0.2) is 10.5 Å². The molecule has 0 radical (unpaired) electrons. The third-order valence-electron chi connectivity index (χ3n) is 2.43. The highest BCUT2D eigenvalue weighted by molar-refractivity contribution is 8.77. The molecule has 0 saturated heterocycles. The largest absolute Gasteiger partial charge is 0.0887 e. The van der Waals surface area contributed by atoms with Crippen molar-refractivity contribution in [3.8, 4) is 0 Å². The van der Waals surface area contributed by atoms with Gasteiger partial charge in [0.15, 0.2) is 0 Å². The number of hydrogen-bond acceptors (Lipinski definition) is 2. The number of allylic oxidation sites excluding steroid dienone is 4. The Hall–Kier alpha value is -0.0800. The normalized spacial score (nSPS) is 14.9. The second-order valence-electron chi connectivity index (χ2n) is 5.26. The van der Waals surface area contributed by atoms with E-state index in [2.05, 4.69) is 66.7 Å².